The zero-order valence-corrected chi connectivity index (χ0v) is 22.0. The molecule has 5 aromatic rings. The topological polar surface area (TPSA) is 131 Å². The molecule has 0 aliphatic rings. The van der Waals surface area contributed by atoms with Crippen LogP contribution in [0.4, 0.5) is 11.6 Å². The van der Waals surface area contributed by atoms with Crippen molar-refractivity contribution in [2.24, 2.45) is 0 Å². The van der Waals surface area contributed by atoms with Gasteiger partial charge in [-0.15, -0.1) is 0 Å². The molecule has 4 aromatic heterocycles. The Morgan fingerprint density at radius 3 is 2.66 bits per heavy atom. The number of amides is 1. The number of oxazole rings is 1. The Morgan fingerprint density at radius 1 is 1.00 bits per heavy atom. The summed E-state index contributed by atoms with van der Waals surface area (Å²) >= 11 is 0. The van der Waals surface area contributed by atoms with Crippen LogP contribution in [-0.4, -0.2) is 44.4 Å². The van der Waals surface area contributed by atoms with Gasteiger partial charge >= 0.3 is 0 Å². The number of para-hydroxylation sites is 1. The lowest BCUT2D eigenvalue weighted by Gasteiger charge is -2.16. The van der Waals surface area contributed by atoms with Crippen LogP contribution in [0, 0.1) is 0 Å². The molecule has 1 atom stereocenters. The fourth-order valence-corrected chi connectivity index (χ4v) is 4.06. The molecule has 0 fully saturated rings. The van der Waals surface area contributed by atoms with Crippen molar-refractivity contribution in [3.05, 3.63) is 90.7 Å². The van der Waals surface area contributed by atoms with Crippen molar-refractivity contribution in [1.29, 1.82) is 0 Å². The summed E-state index contributed by atoms with van der Waals surface area (Å²) in [5, 5.41) is 10.1. The number of fused-ring (bicyclic) bond motifs is 1. The quantitative estimate of drug-likeness (QED) is 0.255. The van der Waals surface area contributed by atoms with E-state index in [0.717, 1.165) is 39.2 Å². The van der Waals surface area contributed by atoms with Gasteiger partial charge in [0.05, 0.1) is 29.0 Å². The van der Waals surface area contributed by atoms with Gasteiger partial charge in [0.1, 0.15) is 24.2 Å². The summed E-state index contributed by atoms with van der Waals surface area (Å²) < 4.78 is 4.98. The highest BCUT2D eigenvalue weighted by Gasteiger charge is 2.15. The predicted octanol–water partition coefficient (Wildman–Crippen LogP) is 4.37. The van der Waals surface area contributed by atoms with Crippen molar-refractivity contribution in [1.82, 2.24) is 30.2 Å². The number of carbonyl (C=O) groups excluding carboxylic acids is 1. The number of pyridine rings is 2. The molecule has 11 heteroatoms. The van der Waals surface area contributed by atoms with Crippen LogP contribution in [0.25, 0.3) is 22.2 Å². The summed E-state index contributed by atoms with van der Waals surface area (Å²) in [5.74, 6) is 1.43. The second kappa shape index (κ2) is 12.2. The Hall–Kier alpha value is -4.51. The first kappa shape index (κ1) is 26.6. The fraction of sp³-hybridized carbons (Fsp3) is 0.185. The SMILES string of the molecule is CNC(=O)c1ccnc2c([C@H](C)CNc3cc(-c4ccc(NCc5cocn5)nc4)ncn3)cccc12.S. The van der Waals surface area contributed by atoms with Gasteiger partial charge in [-0.05, 0) is 23.8 Å². The van der Waals surface area contributed by atoms with Gasteiger partial charge in [-0.2, -0.15) is 13.5 Å². The molecular weight excluding hydrogens is 500 g/mol. The van der Waals surface area contributed by atoms with E-state index in [1.165, 1.54) is 12.7 Å². The molecule has 194 valence electrons. The minimum atomic E-state index is -0.128. The number of nitrogens with one attached hydrogen (secondary N) is 3. The molecule has 0 saturated heterocycles. The smallest absolute Gasteiger partial charge is 0.251 e. The number of hydrogen-bond acceptors (Lipinski definition) is 9. The molecule has 3 N–H and O–H groups in total. The Labute approximate surface area is 226 Å². The molecule has 0 spiro atoms. The molecular formula is C27H28N8O2S. The first-order valence-electron chi connectivity index (χ1n) is 11.9. The highest BCUT2D eigenvalue weighted by molar-refractivity contribution is 7.59. The molecule has 38 heavy (non-hydrogen) atoms. The molecule has 0 radical (unpaired) electrons. The normalized spacial score (nSPS) is 11.4. The van der Waals surface area contributed by atoms with Gasteiger partial charge in [0.15, 0.2) is 6.39 Å². The second-order valence-corrected chi connectivity index (χ2v) is 8.52. The summed E-state index contributed by atoms with van der Waals surface area (Å²) in [6, 6.07) is 13.4. The Balaban J connectivity index is 0.00000336. The van der Waals surface area contributed by atoms with Crippen molar-refractivity contribution < 1.29 is 9.21 Å². The van der Waals surface area contributed by atoms with E-state index in [4.69, 9.17) is 4.42 Å². The van der Waals surface area contributed by atoms with Crippen molar-refractivity contribution >= 4 is 41.9 Å². The van der Waals surface area contributed by atoms with E-state index in [1.807, 2.05) is 36.4 Å². The minimum Gasteiger partial charge on any atom is -0.451 e. The number of aromatic nitrogens is 5. The van der Waals surface area contributed by atoms with Gasteiger partial charge in [-0.25, -0.2) is 19.9 Å². The van der Waals surface area contributed by atoms with Gasteiger partial charge in [-0.1, -0.05) is 25.1 Å². The monoisotopic (exact) mass is 528 g/mol. The highest BCUT2D eigenvalue weighted by atomic mass is 32.1. The highest BCUT2D eigenvalue weighted by Crippen LogP contribution is 2.27. The lowest BCUT2D eigenvalue weighted by molar-refractivity contribution is 0.0964. The van der Waals surface area contributed by atoms with E-state index in [9.17, 15) is 4.79 Å². The molecule has 0 saturated carbocycles. The minimum absolute atomic E-state index is 0. The van der Waals surface area contributed by atoms with Crippen molar-refractivity contribution in [2.45, 2.75) is 19.4 Å². The number of carbonyl (C=O) groups is 1. The summed E-state index contributed by atoms with van der Waals surface area (Å²) in [6.45, 7) is 3.28. The van der Waals surface area contributed by atoms with Crippen LogP contribution in [0.5, 0.6) is 0 Å². The van der Waals surface area contributed by atoms with E-state index in [2.05, 4.69) is 47.8 Å². The van der Waals surface area contributed by atoms with E-state index in [0.29, 0.717) is 24.5 Å². The number of benzene rings is 1. The largest absolute Gasteiger partial charge is 0.451 e. The van der Waals surface area contributed by atoms with Crippen LogP contribution in [0.15, 0.2) is 78.3 Å². The number of anilines is 2. The first-order chi connectivity index (χ1) is 18.1. The summed E-state index contributed by atoms with van der Waals surface area (Å²) in [4.78, 5) is 34.2. The molecule has 1 aromatic carbocycles. The van der Waals surface area contributed by atoms with Crippen LogP contribution in [0.2, 0.25) is 0 Å². The van der Waals surface area contributed by atoms with Crippen molar-refractivity contribution in [3.8, 4) is 11.3 Å². The lowest BCUT2D eigenvalue weighted by Crippen LogP contribution is -2.18. The van der Waals surface area contributed by atoms with E-state index in [1.54, 1.807) is 31.8 Å². The van der Waals surface area contributed by atoms with E-state index < -0.39 is 0 Å². The van der Waals surface area contributed by atoms with Gasteiger partial charge in [-0.3, -0.25) is 9.78 Å². The van der Waals surface area contributed by atoms with E-state index >= 15 is 0 Å². The number of rotatable bonds is 9. The predicted molar refractivity (Wildman–Crippen MR) is 152 cm³/mol. The summed E-state index contributed by atoms with van der Waals surface area (Å²) in [7, 11) is 1.63. The third-order valence-corrected chi connectivity index (χ3v) is 6.05. The summed E-state index contributed by atoms with van der Waals surface area (Å²) in [6.07, 6.45) is 7.98. The van der Waals surface area contributed by atoms with Crippen LogP contribution in [0.1, 0.15) is 34.5 Å². The van der Waals surface area contributed by atoms with Crippen LogP contribution in [0.3, 0.4) is 0 Å². The maximum atomic E-state index is 12.3. The number of nitrogens with zero attached hydrogens (tertiary/aromatic N) is 5. The standard InChI is InChI=1S/C27H26N8O2.H2S/c1-17(20-4-3-5-21-22(27(36)28-2)8-9-29-26(20)21)11-30-25-10-23(33-15-34-25)18-6-7-24(31-12-18)32-13-19-14-37-16-35-19;/h3-10,12,14-17H,11,13H2,1-2H3,(H,28,36)(H,31,32)(H,30,33,34);1H2/t17-;/m1./s1. The average Bonchev–Trinajstić information content (AvgIpc) is 3.48. The molecule has 0 aliphatic carbocycles. The fourth-order valence-electron chi connectivity index (χ4n) is 4.06. The molecule has 0 aliphatic heterocycles. The summed E-state index contributed by atoms with van der Waals surface area (Å²) in [5.41, 5.74) is 4.95. The van der Waals surface area contributed by atoms with Crippen LogP contribution < -0.4 is 16.0 Å². The molecule has 0 unspecified atom stereocenters. The van der Waals surface area contributed by atoms with Crippen molar-refractivity contribution in [3.63, 3.8) is 0 Å². The second-order valence-electron chi connectivity index (χ2n) is 8.52. The van der Waals surface area contributed by atoms with E-state index in [-0.39, 0.29) is 25.3 Å². The Bertz CT molecular complexity index is 1510. The van der Waals surface area contributed by atoms with Gasteiger partial charge < -0.3 is 20.4 Å². The van der Waals surface area contributed by atoms with Crippen LogP contribution >= 0.6 is 13.5 Å². The first-order valence-corrected chi connectivity index (χ1v) is 11.9. The Kier molecular flexibility index (Phi) is 8.49. The molecule has 5 rings (SSSR count). The molecule has 10 nitrogen and oxygen atoms in total. The molecule has 1 amide bonds. The zero-order valence-electron chi connectivity index (χ0n) is 21.0. The van der Waals surface area contributed by atoms with Gasteiger partial charge in [0.2, 0.25) is 0 Å². The maximum Gasteiger partial charge on any atom is 0.251 e. The molecule has 0 bridgehead atoms. The third kappa shape index (κ3) is 5.89. The van der Waals surface area contributed by atoms with Gasteiger partial charge in [0.25, 0.3) is 5.91 Å². The zero-order chi connectivity index (χ0) is 25.6. The molecule has 4 heterocycles. The maximum absolute atomic E-state index is 12.3. The Morgan fingerprint density at radius 2 is 1.89 bits per heavy atom. The van der Waals surface area contributed by atoms with Crippen molar-refractivity contribution in [2.75, 3.05) is 24.2 Å². The number of hydrogen-bond donors (Lipinski definition) is 3. The van der Waals surface area contributed by atoms with Crippen LogP contribution in [-0.2, 0) is 6.54 Å². The average molecular weight is 529 g/mol. The third-order valence-electron chi connectivity index (χ3n) is 6.05. The van der Waals surface area contributed by atoms with Gasteiger partial charge in [0, 0.05) is 48.9 Å². The lowest BCUT2D eigenvalue weighted by atomic mass is 9.96.